The Morgan fingerprint density at radius 2 is 1.89 bits per heavy atom. The molecule has 2 N–H and O–H groups in total. The Bertz CT molecular complexity index is 674. The van der Waals surface area contributed by atoms with Crippen molar-refractivity contribution in [2.24, 2.45) is 0 Å². The average Bonchev–Trinajstić information content (AvgIpc) is 2.81. The van der Waals surface area contributed by atoms with Crippen LogP contribution in [-0.4, -0.2) is 19.8 Å². The molecule has 1 aromatic carbocycles. The number of nitrogen functional groups attached to an aromatic ring is 1. The number of hydrogen-bond donors (Lipinski definition) is 1. The van der Waals surface area contributed by atoms with E-state index in [-0.39, 0.29) is 0 Å². The Balaban J connectivity index is 1.83. The molecule has 90 valence electrons. The third-order valence-corrected chi connectivity index (χ3v) is 2.92. The largest absolute Gasteiger partial charge is 0.399 e. The lowest BCUT2D eigenvalue weighted by atomic mass is 10.1. The number of anilines is 1. The van der Waals surface area contributed by atoms with E-state index in [1.54, 1.807) is 10.7 Å². The van der Waals surface area contributed by atoms with E-state index in [1.807, 2.05) is 36.4 Å². The summed E-state index contributed by atoms with van der Waals surface area (Å²) >= 11 is 0. The van der Waals surface area contributed by atoms with Gasteiger partial charge in [-0.2, -0.15) is 9.61 Å². The zero-order valence-corrected chi connectivity index (χ0v) is 9.82. The van der Waals surface area contributed by atoms with Crippen molar-refractivity contribution in [3.05, 3.63) is 54.0 Å². The molecule has 0 unspecified atom stereocenters. The molecule has 0 saturated heterocycles. The number of fused-ring (bicyclic) bond motifs is 1. The van der Waals surface area contributed by atoms with Crippen molar-refractivity contribution in [3.8, 4) is 0 Å². The first-order valence-corrected chi connectivity index (χ1v) is 5.83. The molecule has 0 spiro atoms. The predicted molar refractivity (Wildman–Crippen MR) is 69.0 cm³/mol. The summed E-state index contributed by atoms with van der Waals surface area (Å²) in [6.45, 7) is 0. The molecule has 0 aliphatic rings. The minimum absolute atomic E-state index is 0.770. The van der Waals surface area contributed by atoms with Gasteiger partial charge in [-0.3, -0.25) is 0 Å². The normalized spacial score (nSPS) is 10.9. The summed E-state index contributed by atoms with van der Waals surface area (Å²) in [5, 5.41) is 12.5. The van der Waals surface area contributed by atoms with Crippen LogP contribution in [0.1, 0.15) is 11.4 Å². The van der Waals surface area contributed by atoms with Crippen molar-refractivity contribution in [3.63, 3.8) is 0 Å². The van der Waals surface area contributed by atoms with E-state index in [0.717, 1.165) is 35.6 Å². The molecule has 0 bridgehead atoms. The molecule has 0 aliphatic carbocycles. The molecule has 0 atom stereocenters. The van der Waals surface area contributed by atoms with Crippen LogP contribution in [0.2, 0.25) is 0 Å². The zero-order chi connectivity index (χ0) is 12.4. The highest BCUT2D eigenvalue weighted by atomic mass is 15.4. The third kappa shape index (κ3) is 1.90. The van der Waals surface area contributed by atoms with Gasteiger partial charge in [-0.15, -0.1) is 10.2 Å². The van der Waals surface area contributed by atoms with Crippen LogP contribution in [0.5, 0.6) is 0 Å². The van der Waals surface area contributed by atoms with Crippen LogP contribution >= 0.6 is 0 Å². The highest BCUT2D eigenvalue weighted by Crippen LogP contribution is 2.13. The molecule has 3 aromatic rings. The van der Waals surface area contributed by atoms with Crippen molar-refractivity contribution >= 4 is 11.3 Å². The summed E-state index contributed by atoms with van der Waals surface area (Å²) in [4.78, 5) is 0. The second-order valence-electron chi connectivity index (χ2n) is 4.11. The lowest BCUT2D eigenvalue weighted by Crippen LogP contribution is -2.02. The maximum absolute atomic E-state index is 5.91. The van der Waals surface area contributed by atoms with Crippen LogP contribution < -0.4 is 5.73 Å². The Hall–Kier alpha value is -2.43. The van der Waals surface area contributed by atoms with E-state index in [1.165, 1.54) is 0 Å². The van der Waals surface area contributed by atoms with Gasteiger partial charge in [0.05, 0.1) is 0 Å². The molecular weight excluding hydrogens is 226 g/mol. The molecular formula is C13H13N5. The van der Waals surface area contributed by atoms with Gasteiger partial charge >= 0.3 is 0 Å². The number of aryl methyl sites for hydroxylation is 2. The van der Waals surface area contributed by atoms with Gasteiger partial charge < -0.3 is 5.73 Å². The summed E-state index contributed by atoms with van der Waals surface area (Å²) in [5.41, 5.74) is 8.63. The molecule has 2 aromatic heterocycles. The lowest BCUT2D eigenvalue weighted by Gasteiger charge is -2.03. The van der Waals surface area contributed by atoms with Crippen molar-refractivity contribution < 1.29 is 0 Å². The van der Waals surface area contributed by atoms with Gasteiger partial charge in [0, 0.05) is 18.3 Å². The second kappa shape index (κ2) is 4.44. The fraction of sp³-hybridized carbons (Fsp3) is 0.154. The SMILES string of the molecule is Nc1ccccc1CCc1nnc2cccnn12. The van der Waals surface area contributed by atoms with Gasteiger partial charge in [-0.1, -0.05) is 18.2 Å². The molecule has 3 rings (SSSR count). The van der Waals surface area contributed by atoms with E-state index in [2.05, 4.69) is 15.3 Å². The molecule has 0 aliphatic heterocycles. The number of hydrogen-bond acceptors (Lipinski definition) is 4. The molecule has 2 heterocycles. The van der Waals surface area contributed by atoms with Crippen LogP contribution in [0, 0.1) is 0 Å². The standard InChI is InChI=1S/C13H13N5/c14-11-5-2-1-4-10(11)7-8-13-17-16-12-6-3-9-15-18(12)13/h1-6,9H,7-8,14H2. The molecule has 0 fully saturated rings. The number of para-hydroxylation sites is 1. The fourth-order valence-corrected chi connectivity index (χ4v) is 1.95. The smallest absolute Gasteiger partial charge is 0.177 e. The Labute approximate surface area is 104 Å². The van der Waals surface area contributed by atoms with E-state index >= 15 is 0 Å². The van der Waals surface area contributed by atoms with Gasteiger partial charge in [0.15, 0.2) is 11.5 Å². The first-order valence-electron chi connectivity index (χ1n) is 5.83. The van der Waals surface area contributed by atoms with Gasteiger partial charge in [0.1, 0.15) is 0 Å². The molecule has 5 heteroatoms. The van der Waals surface area contributed by atoms with Crippen molar-refractivity contribution in [1.82, 2.24) is 19.8 Å². The van der Waals surface area contributed by atoms with Crippen molar-refractivity contribution in [2.45, 2.75) is 12.8 Å². The van der Waals surface area contributed by atoms with Gasteiger partial charge in [-0.05, 0) is 30.2 Å². The Kier molecular flexibility index (Phi) is 2.64. The molecule has 5 nitrogen and oxygen atoms in total. The first-order chi connectivity index (χ1) is 8.84. The van der Waals surface area contributed by atoms with E-state index in [4.69, 9.17) is 5.73 Å². The molecule has 18 heavy (non-hydrogen) atoms. The molecule has 0 saturated carbocycles. The molecule has 0 amide bonds. The number of benzene rings is 1. The van der Waals surface area contributed by atoms with Crippen LogP contribution in [-0.2, 0) is 12.8 Å². The highest BCUT2D eigenvalue weighted by Gasteiger charge is 2.06. The number of nitrogens with zero attached hydrogens (tertiary/aromatic N) is 4. The topological polar surface area (TPSA) is 69.1 Å². The highest BCUT2D eigenvalue weighted by molar-refractivity contribution is 5.46. The quantitative estimate of drug-likeness (QED) is 0.703. The third-order valence-electron chi connectivity index (χ3n) is 2.92. The summed E-state index contributed by atoms with van der Waals surface area (Å²) in [6, 6.07) is 11.6. The first kappa shape index (κ1) is 10.7. The van der Waals surface area contributed by atoms with E-state index < -0.39 is 0 Å². The minimum atomic E-state index is 0.770. The summed E-state index contributed by atoms with van der Waals surface area (Å²) in [5.74, 6) is 0.855. The maximum atomic E-state index is 5.91. The van der Waals surface area contributed by atoms with E-state index in [0.29, 0.717) is 0 Å². The van der Waals surface area contributed by atoms with Crippen molar-refractivity contribution in [2.75, 3.05) is 5.73 Å². The Morgan fingerprint density at radius 3 is 2.78 bits per heavy atom. The van der Waals surface area contributed by atoms with Crippen LogP contribution in [0.15, 0.2) is 42.6 Å². The van der Waals surface area contributed by atoms with Crippen LogP contribution in [0.3, 0.4) is 0 Å². The van der Waals surface area contributed by atoms with Gasteiger partial charge in [0.2, 0.25) is 0 Å². The number of nitrogens with two attached hydrogens (primary N) is 1. The van der Waals surface area contributed by atoms with Crippen LogP contribution in [0.25, 0.3) is 5.65 Å². The number of rotatable bonds is 3. The monoisotopic (exact) mass is 239 g/mol. The van der Waals surface area contributed by atoms with Crippen LogP contribution in [0.4, 0.5) is 5.69 Å². The van der Waals surface area contributed by atoms with E-state index in [9.17, 15) is 0 Å². The zero-order valence-electron chi connectivity index (χ0n) is 9.82. The van der Waals surface area contributed by atoms with Gasteiger partial charge in [-0.25, -0.2) is 0 Å². The maximum Gasteiger partial charge on any atom is 0.177 e. The molecule has 0 radical (unpaired) electrons. The predicted octanol–water partition coefficient (Wildman–Crippen LogP) is 1.49. The van der Waals surface area contributed by atoms with Gasteiger partial charge in [0.25, 0.3) is 0 Å². The average molecular weight is 239 g/mol. The van der Waals surface area contributed by atoms with Crippen molar-refractivity contribution in [1.29, 1.82) is 0 Å². The lowest BCUT2D eigenvalue weighted by molar-refractivity contribution is 0.784. The summed E-state index contributed by atoms with van der Waals surface area (Å²) in [6.07, 6.45) is 3.34. The minimum Gasteiger partial charge on any atom is -0.399 e. The number of aromatic nitrogens is 4. The fourth-order valence-electron chi connectivity index (χ4n) is 1.95. The second-order valence-corrected chi connectivity index (χ2v) is 4.11. The summed E-state index contributed by atoms with van der Waals surface area (Å²) in [7, 11) is 0. The Morgan fingerprint density at radius 1 is 1.00 bits per heavy atom. The summed E-state index contributed by atoms with van der Waals surface area (Å²) < 4.78 is 1.76.